The van der Waals surface area contributed by atoms with Gasteiger partial charge in [-0.05, 0) is 31.5 Å². The monoisotopic (exact) mass is 480 g/mol. The lowest BCUT2D eigenvalue weighted by Crippen LogP contribution is -3.14. The second-order valence-electron chi connectivity index (χ2n) is 9.22. The predicted molar refractivity (Wildman–Crippen MR) is 126 cm³/mol. The Bertz CT molecular complexity index is 1210. The lowest BCUT2D eigenvalue weighted by Gasteiger charge is -2.36. The summed E-state index contributed by atoms with van der Waals surface area (Å²) in [6.07, 6.45) is 0.693. The van der Waals surface area contributed by atoms with E-state index in [1.165, 1.54) is 15.9 Å². The number of hydrogen-bond donors (Lipinski definition) is 2. The quantitative estimate of drug-likeness (QED) is 0.573. The van der Waals surface area contributed by atoms with E-state index < -0.39 is 28.9 Å². The molecule has 0 saturated carbocycles. The first-order chi connectivity index (χ1) is 16.9. The molecule has 9 nitrogen and oxygen atoms in total. The van der Waals surface area contributed by atoms with E-state index in [1.807, 2.05) is 19.1 Å². The van der Waals surface area contributed by atoms with Crippen LogP contribution in [-0.2, 0) is 19.9 Å². The fourth-order valence-corrected chi connectivity index (χ4v) is 5.48. The molecule has 5 rings (SSSR count). The van der Waals surface area contributed by atoms with Gasteiger partial charge in [0.05, 0.1) is 37.6 Å². The molecule has 1 aromatic heterocycles. The summed E-state index contributed by atoms with van der Waals surface area (Å²) in [7, 11) is 0. The molecule has 2 aromatic rings. The summed E-state index contributed by atoms with van der Waals surface area (Å²) in [5.41, 5.74) is -0.799. The number of rotatable bonds is 7. The van der Waals surface area contributed by atoms with Crippen LogP contribution in [0.5, 0.6) is 0 Å². The van der Waals surface area contributed by atoms with E-state index in [-0.39, 0.29) is 17.9 Å². The van der Waals surface area contributed by atoms with E-state index in [1.54, 1.807) is 30.0 Å². The number of hydrogen-bond acceptors (Lipinski definition) is 6. The Morgan fingerprint density at radius 1 is 1.11 bits per heavy atom. The van der Waals surface area contributed by atoms with Crippen molar-refractivity contribution in [2.24, 2.45) is 0 Å². The van der Waals surface area contributed by atoms with Crippen molar-refractivity contribution in [3.8, 4) is 0 Å². The molecule has 1 saturated heterocycles. The van der Waals surface area contributed by atoms with E-state index in [2.05, 4.69) is 0 Å². The summed E-state index contributed by atoms with van der Waals surface area (Å²) in [5.74, 6) is -1.97. The molecule has 1 aromatic carbocycles. The van der Waals surface area contributed by atoms with E-state index in [0.717, 1.165) is 13.1 Å². The Hall–Kier alpha value is -3.43. The lowest BCUT2D eigenvalue weighted by molar-refractivity contribution is -0.907. The number of aliphatic hydroxyl groups excluding tert-OH is 1. The molecule has 0 unspecified atom stereocenters. The van der Waals surface area contributed by atoms with Crippen molar-refractivity contribution in [3.05, 3.63) is 64.8 Å². The summed E-state index contributed by atoms with van der Waals surface area (Å²) in [6.45, 7) is 7.70. The van der Waals surface area contributed by atoms with Crippen LogP contribution in [0.15, 0.2) is 52.1 Å². The topological polar surface area (TPSA) is 105 Å². The molecule has 0 radical (unpaired) electrons. The number of nitrogens with one attached hydrogen (secondary N) is 1. The van der Waals surface area contributed by atoms with Gasteiger partial charge in [0.25, 0.3) is 11.8 Å². The number of quaternary nitrogens is 1. The van der Waals surface area contributed by atoms with Gasteiger partial charge in [-0.15, -0.1) is 0 Å². The highest BCUT2D eigenvalue weighted by Gasteiger charge is 2.66. The highest BCUT2D eigenvalue weighted by molar-refractivity contribution is 6.25. The van der Waals surface area contributed by atoms with Gasteiger partial charge >= 0.3 is 0 Å². The molecule has 3 aliphatic heterocycles. The SMILES string of the molecule is CCCN1C(=O)[C@@]2(C(C(=O)c3ccc(C)o3)=C(O)C(=O)N2CC[NH+]2CCOCC2)c2ccccc21. The number of carbonyl (C=O) groups excluding carboxylic acids is 3. The molecule has 4 heterocycles. The number of nitrogens with zero attached hydrogens (tertiary/aromatic N) is 2. The molecule has 184 valence electrons. The van der Waals surface area contributed by atoms with E-state index >= 15 is 0 Å². The lowest BCUT2D eigenvalue weighted by atomic mass is 9.81. The highest BCUT2D eigenvalue weighted by atomic mass is 16.5. The first-order valence-corrected chi connectivity index (χ1v) is 12.1. The highest BCUT2D eigenvalue weighted by Crippen LogP contribution is 2.53. The van der Waals surface area contributed by atoms with Crippen molar-refractivity contribution in [1.82, 2.24) is 4.90 Å². The number of aryl methyl sites for hydroxylation is 1. The van der Waals surface area contributed by atoms with Crippen LogP contribution < -0.4 is 9.80 Å². The number of amides is 2. The number of morpholine rings is 1. The van der Waals surface area contributed by atoms with Crippen LogP contribution >= 0.6 is 0 Å². The minimum Gasteiger partial charge on any atom is -0.503 e. The smallest absolute Gasteiger partial charge is 0.290 e. The number of fused-ring (bicyclic) bond motifs is 2. The zero-order valence-corrected chi connectivity index (χ0v) is 20.0. The van der Waals surface area contributed by atoms with Crippen LogP contribution in [0.4, 0.5) is 5.69 Å². The molecule has 1 fully saturated rings. The van der Waals surface area contributed by atoms with Crippen molar-refractivity contribution in [3.63, 3.8) is 0 Å². The fourth-order valence-electron chi connectivity index (χ4n) is 5.48. The van der Waals surface area contributed by atoms with Gasteiger partial charge in [0, 0.05) is 12.1 Å². The van der Waals surface area contributed by atoms with Gasteiger partial charge in [-0.1, -0.05) is 25.1 Å². The number of ether oxygens (including phenoxy) is 1. The van der Waals surface area contributed by atoms with Gasteiger partial charge in [0.15, 0.2) is 17.1 Å². The van der Waals surface area contributed by atoms with Crippen LogP contribution in [0.2, 0.25) is 0 Å². The fraction of sp³-hybridized carbons (Fsp3) is 0.423. The minimum atomic E-state index is -1.74. The van der Waals surface area contributed by atoms with Gasteiger partial charge in [0.1, 0.15) is 18.8 Å². The Labute approximate surface area is 203 Å². The molecule has 1 atom stereocenters. The summed E-state index contributed by atoms with van der Waals surface area (Å²) in [5, 5.41) is 11.1. The van der Waals surface area contributed by atoms with Gasteiger partial charge in [-0.3, -0.25) is 14.4 Å². The van der Waals surface area contributed by atoms with Crippen LogP contribution in [0, 0.1) is 6.92 Å². The number of Topliss-reactive ketones (excluding diaryl/α,β-unsaturated/α-hetero) is 1. The number of anilines is 1. The molecule has 3 aliphatic rings. The molecular formula is C26H30N3O6+. The largest absolute Gasteiger partial charge is 0.503 e. The maximum Gasteiger partial charge on any atom is 0.290 e. The predicted octanol–water partition coefficient (Wildman–Crippen LogP) is 0.992. The maximum atomic E-state index is 14.3. The molecule has 1 spiro atoms. The van der Waals surface area contributed by atoms with Crippen molar-refractivity contribution in [1.29, 1.82) is 0 Å². The Kier molecular flexibility index (Phi) is 5.98. The van der Waals surface area contributed by atoms with Crippen molar-refractivity contribution in [2.75, 3.05) is 50.8 Å². The van der Waals surface area contributed by atoms with Gasteiger partial charge in [0.2, 0.25) is 5.78 Å². The first kappa shape index (κ1) is 23.3. The number of furan rings is 1. The van der Waals surface area contributed by atoms with Crippen LogP contribution in [-0.4, -0.2) is 73.5 Å². The molecular weight excluding hydrogens is 450 g/mol. The van der Waals surface area contributed by atoms with Crippen LogP contribution in [0.3, 0.4) is 0 Å². The molecule has 0 aliphatic carbocycles. The number of para-hydroxylation sites is 1. The Balaban J connectivity index is 1.66. The van der Waals surface area contributed by atoms with Gasteiger partial charge in [-0.25, -0.2) is 0 Å². The van der Waals surface area contributed by atoms with Gasteiger partial charge in [-0.2, -0.15) is 0 Å². The standard InChI is InChI=1S/C26H29N3O6/c1-3-10-28-19-7-5-4-6-18(19)26(25(28)33)21(22(30)20-9-8-17(2)35-20)23(31)24(32)29(26)12-11-27-13-15-34-16-14-27/h4-9,31H,3,10-16H2,1-2H3/p+1/t26-/m0/s1. The summed E-state index contributed by atoms with van der Waals surface area (Å²) in [6, 6.07) is 10.3. The van der Waals surface area contributed by atoms with E-state index in [0.29, 0.717) is 49.7 Å². The minimum absolute atomic E-state index is 0.0175. The maximum absolute atomic E-state index is 14.3. The molecule has 2 N–H and O–H groups in total. The van der Waals surface area contributed by atoms with Crippen molar-refractivity contribution in [2.45, 2.75) is 25.8 Å². The number of ketones is 1. The zero-order chi connectivity index (χ0) is 24.7. The summed E-state index contributed by atoms with van der Waals surface area (Å²) in [4.78, 5) is 45.8. The Morgan fingerprint density at radius 3 is 2.54 bits per heavy atom. The first-order valence-electron chi connectivity index (χ1n) is 12.1. The van der Waals surface area contributed by atoms with Crippen LogP contribution in [0.25, 0.3) is 0 Å². The molecule has 0 bridgehead atoms. The summed E-state index contributed by atoms with van der Waals surface area (Å²) >= 11 is 0. The molecule has 9 heteroatoms. The third kappa shape index (κ3) is 3.49. The summed E-state index contributed by atoms with van der Waals surface area (Å²) < 4.78 is 11.0. The third-order valence-corrected chi connectivity index (χ3v) is 7.12. The average Bonchev–Trinajstić information content (AvgIpc) is 3.48. The third-order valence-electron chi connectivity index (χ3n) is 7.12. The molecule has 35 heavy (non-hydrogen) atoms. The van der Waals surface area contributed by atoms with Crippen molar-refractivity contribution < 1.29 is 33.5 Å². The zero-order valence-electron chi connectivity index (χ0n) is 20.0. The van der Waals surface area contributed by atoms with Crippen LogP contribution in [0.1, 0.15) is 35.2 Å². The second kappa shape index (κ2) is 8.98. The average molecular weight is 481 g/mol. The van der Waals surface area contributed by atoms with Gasteiger partial charge < -0.3 is 29.0 Å². The molecule has 2 amide bonds. The van der Waals surface area contributed by atoms with Crippen molar-refractivity contribution >= 4 is 23.3 Å². The van der Waals surface area contributed by atoms with E-state index in [9.17, 15) is 19.5 Å². The normalized spacial score (nSPS) is 22.6. The second-order valence-corrected chi connectivity index (χ2v) is 9.22. The Morgan fingerprint density at radius 2 is 1.86 bits per heavy atom. The number of benzene rings is 1. The number of carbonyl (C=O) groups is 3. The number of aliphatic hydroxyl groups is 1. The van der Waals surface area contributed by atoms with E-state index in [4.69, 9.17) is 9.15 Å².